The summed E-state index contributed by atoms with van der Waals surface area (Å²) in [6, 6.07) is 22.8. The van der Waals surface area contributed by atoms with E-state index in [1.807, 2.05) is 18.2 Å². The van der Waals surface area contributed by atoms with Gasteiger partial charge < -0.3 is 0 Å². The number of hydrogen-bond donors (Lipinski definition) is 5. The Morgan fingerprint density at radius 3 is 1.23 bits per heavy atom. The summed E-state index contributed by atoms with van der Waals surface area (Å²) in [5, 5.41) is 28.7. The lowest BCUT2D eigenvalue weighted by Gasteiger charge is -2.10. The monoisotopic (exact) mass is 749 g/mol. The third kappa shape index (κ3) is 15.3. The van der Waals surface area contributed by atoms with E-state index in [0.717, 1.165) is 0 Å². The molecule has 3 aromatic rings. The number of nitriles is 3. The van der Waals surface area contributed by atoms with E-state index >= 15 is 0 Å². The Hall–Kier alpha value is -6.01. The maximum atomic E-state index is 12.0. The second-order valence-electron chi connectivity index (χ2n) is 8.24. The molecule has 3 rings (SSSR count). The Labute approximate surface area is 272 Å². The van der Waals surface area contributed by atoms with E-state index in [1.54, 1.807) is 0 Å². The van der Waals surface area contributed by atoms with Crippen LogP contribution < -0.4 is 27.1 Å². The molecule has 3 aromatic carbocycles. The van der Waals surface area contributed by atoms with E-state index in [0.29, 0.717) is 11.3 Å². The largest absolute Gasteiger partial charge is 0.472 e. The van der Waals surface area contributed by atoms with Crippen LogP contribution in [0.25, 0.3) is 0 Å². The summed E-state index contributed by atoms with van der Waals surface area (Å²) < 4.78 is 106. The van der Waals surface area contributed by atoms with Gasteiger partial charge in [-0.15, -0.1) is 0 Å². The quantitative estimate of drug-likeness (QED) is 0.110. The minimum atomic E-state index is -4.94. The molecule has 0 aromatic heterocycles. The van der Waals surface area contributed by atoms with E-state index in [-0.39, 0.29) is 22.5 Å². The van der Waals surface area contributed by atoms with Crippen LogP contribution in [0.1, 0.15) is 16.7 Å². The lowest BCUT2D eigenvalue weighted by atomic mass is 10.2. The van der Waals surface area contributed by atoms with Crippen LogP contribution >= 0.6 is 15.9 Å². The van der Waals surface area contributed by atoms with Gasteiger partial charge in [-0.3, -0.25) is 36.7 Å². The normalized spacial score (nSPS) is 10.9. The number of halogens is 10. The number of nitrogens with one attached hydrogen (secondary N) is 5. The standard InChI is InChI=1S/C9H5BrF3N3.2C9H6F3N3O/c10-8(9(11,12)13)16-15-7-3-1-2-6(4-7)5-14;2*10-9(11,12)8(16)15-14-7-3-1-2-6(4-7)5-13/h1-4,15H;2*1-4,14H,(H,15,16)/b16-8-;;. The Morgan fingerprint density at radius 1 is 0.583 bits per heavy atom. The number of hydrogen-bond acceptors (Lipinski definition) is 9. The van der Waals surface area contributed by atoms with Crippen molar-refractivity contribution in [3.05, 3.63) is 89.5 Å². The second-order valence-corrected chi connectivity index (χ2v) is 8.99. The van der Waals surface area contributed by atoms with E-state index in [2.05, 4.69) is 37.3 Å². The van der Waals surface area contributed by atoms with E-state index in [1.165, 1.54) is 83.6 Å². The molecule has 0 radical (unpaired) electrons. The van der Waals surface area contributed by atoms with Crippen LogP contribution in [0.5, 0.6) is 0 Å². The molecule has 0 saturated heterocycles. The van der Waals surface area contributed by atoms with Gasteiger partial charge in [-0.2, -0.15) is 60.4 Å². The number of carbonyl (C=O) groups excluding carboxylic acids is 2. The first kappa shape index (κ1) is 40.0. The zero-order valence-corrected chi connectivity index (χ0v) is 24.9. The summed E-state index contributed by atoms with van der Waals surface area (Å²) >= 11 is 2.29. The Balaban J connectivity index is 0.000000360. The molecule has 5 N–H and O–H groups in total. The van der Waals surface area contributed by atoms with Crippen molar-refractivity contribution in [2.24, 2.45) is 5.10 Å². The lowest BCUT2D eigenvalue weighted by Crippen LogP contribution is -2.40. The first-order valence-corrected chi connectivity index (χ1v) is 12.9. The van der Waals surface area contributed by atoms with Gasteiger partial charge in [0, 0.05) is 0 Å². The Morgan fingerprint density at radius 2 is 0.917 bits per heavy atom. The predicted octanol–water partition coefficient (Wildman–Crippen LogP) is 6.37. The van der Waals surface area contributed by atoms with Crippen molar-refractivity contribution < 1.29 is 49.1 Å². The van der Waals surface area contributed by atoms with Crippen LogP contribution in [-0.4, -0.2) is 35.0 Å². The Kier molecular flexibility index (Phi) is 15.2. The molecule has 0 heterocycles. The van der Waals surface area contributed by atoms with Gasteiger partial charge in [0.25, 0.3) is 0 Å². The summed E-state index contributed by atoms with van der Waals surface area (Å²) in [4.78, 5) is 20.9. The molecule has 0 aliphatic carbocycles. The van der Waals surface area contributed by atoms with Crippen molar-refractivity contribution >= 4 is 49.4 Å². The Bertz CT molecular complexity index is 1640. The van der Waals surface area contributed by atoms with Crippen molar-refractivity contribution in [3.8, 4) is 18.2 Å². The van der Waals surface area contributed by atoms with Crippen LogP contribution in [0, 0.1) is 34.0 Å². The number of anilines is 3. The third-order valence-electron chi connectivity index (χ3n) is 4.65. The number of amides is 2. The summed E-state index contributed by atoms with van der Waals surface area (Å²) in [5.41, 5.74) is 10.8. The molecule has 0 saturated carbocycles. The van der Waals surface area contributed by atoms with E-state index in [4.69, 9.17) is 15.8 Å². The maximum absolute atomic E-state index is 12.0. The molecule has 0 unspecified atom stereocenters. The molecule has 0 aliphatic heterocycles. The number of benzene rings is 3. The molecule has 252 valence electrons. The molecule has 0 aliphatic rings. The minimum Gasteiger partial charge on any atom is -0.298 e. The molecular formula is C27H17BrF9N9O2. The highest BCUT2D eigenvalue weighted by molar-refractivity contribution is 9.18. The molecule has 0 atom stereocenters. The molecule has 2 amide bonds. The van der Waals surface area contributed by atoms with E-state index < -0.39 is 35.0 Å². The van der Waals surface area contributed by atoms with Gasteiger partial charge in [-0.1, -0.05) is 18.2 Å². The van der Waals surface area contributed by atoms with Gasteiger partial charge in [0.05, 0.1) is 52.0 Å². The van der Waals surface area contributed by atoms with Gasteiger partial charge in [0.15, 0.2) is 0 Å². The summed E-state index contributed by atoms with van der Waals surface area (Å²) in [6.07, 6.45) is -14.4. The van der Waals surface area contributed by atoms with Crippen molar-refractivity contribution in [3.63, 3.8) is 0 Å². The summed E-state index contributed by atoms with van der Waals surface area (Å²) in [6.45, 7) is 0. The van der Waals surface area contributed by atoms with E-state index in [9.17, 15) is 49.1 Å². The van der Waals surface area contributed by atoms with Gasteiger partial charge >= 0.3 is 30.3 Å². The highest BCUT2D eigenvalue weighted by Gasteiger charge is 2.39. The molecule has 48 heavy (non-hydrogen) atoms. The highest BCUT2D eigenvalue weighted by atomic mass is 79.9. The molecular weight excluding hydrogens is 733 g/mol. The number of nitrogens with zero attached hydrogens (tertiary/aromatic N) is 4. The van der Waals surface area contributed by atoms with Crippen molar-refractivity contribution in [2.45, 2.75) is 18.5 Å². The average Bonchev–Trinajstić information content (AvgIpc) is 3.04. The number of alkyl halides is 9. The number of carbonyl (C=O) groups is 2. The van der Waals surface area contributed by atoms with Crippen LogP contribution in [-0.2, 0) is 9.59 Å². The fourth-order valence-corrected chi connectivity index (χ4v) is 2.66. The van der Waals surface area contributed by atoms with Gasteiger partial charge in [-0.05, 0) is 70.5 Å². The van der Waals surface area contributed by atoms with Crippen molar-refractivity contribution in [1.82, 2.24) is 10.9 Å². The zero-order chi connectivity index (χ0) is 36.5. The molecule has 0 fully saturated rings. The molecule has 21 heteroatoms. The molecule has 0 spiro atoms. The lowest BCUT2D eigenvalue weighted by molar-refractivity contribution is -0.173. The number of rotatable bonds is 6. The molecule has 0 bridgehead atoms. The smallest absolute Gasteiger partial charge is 0.298 e. The van der Waals surface area contributed by atoms with Crippen molar-refractivity contribution in [2.75, 3.05) is 16.3 Å². The van der Waals surface area contributed by atoms with Crippen molar-refractivity contribution in [1.29, 1.82) is 15.8 Å². The minimum absolute atomic E-state index is 0.191. The highest BCUT2D eigenvalue weighted by Crippen LogP contribution is 2.22. The van der Waals surface area contributed by atoms with Crippen LogP contribution in [0.3, 0.4) is 0 Å². The predicted molar refractivity (Wildman–Crippen MR) is 155 cm³/mol. The van der Waals surface area contributed by atoms with Crippen LogP contribution in [0.15, 0.2) is 77.9 Å². The molecule has 11 nitrogen and oxygen atoms in total. The second kappa shape index (κ2) is 18.2. The number of hydrazine groups is 2. The summed E-state index contributed by atoms with van der Waals surface area (Å²) in [5.74, 6) is -4.20. The fourth-order valence-electron chi connectivity index (χ4n) is 2.57. The first-order valence-electron chi connectivity index (χ1n) is 12.1. The van der Waals surface area contributed by atoms with Gasteiger partial charge in [-0.25, -0.2) is 0 Å². The van der Waals surface area contributed by atoms with Crippen LogP contribution in [0.4, 0.5) is 56.6 Å². The van der Waals surface area contributed by atoms with Gasteiger partial charge in [0.1, 0.15) is 0 Å². The first-order chi connectivity index (χ1) is 22.3. The number of hydrazone groups is 1. The summed E-state index contributed by atoms with van der Waals surface area (Å²) in [7, 11) is 0. The average molecular weight is 750 g/mol. The topological polar surface area (TPSA) is 178 Å². The zero-order valence-electron chi connectivity index (χ0n) is 23.3. The fraction of sp³-hybridized carbons (Fsp3) is 0.111. The van der Waals surface area contributed by atoms with Crippen LogP contribution in [0.2, 0.25) is 0 Å². The SMILES string of the molecule is N#Cc1cccc(N/N=C(\Br)C(F)(F)F)c1.N#Cc1cccc(NNC(=O)C(F)(F)F)c1.N#Cc1cccc(NNC(=O)C(F)(F)F)c1. The third-order valence-corrected chi connectivity index (χ3v) is 5.27. The maximum Gasteiger partial charge on any atom is 0.472 e. The van der Waals surface area contributed by atoms with Gasteiger partial charge in [0.2, 0.25) is 4.62 Å².